The standard InChI is InChI=1S/C10H12BrNO2/c1-6-4-3-5-7(8(6)11)10(2,12)9(13)14/h3-5H,12H2,1-2H3,(H,13,14)/t10-/m0/s1. The SMILES string of the molecule is Cc1cccc([C@](C)(N)C(=O)O)c1Br. The summed E-state index contributed by atoms with van der Waals surface area (Å²) >= 11 is 3.34. The van der Waals surface area contributed by atoms with Gasteiger partial charge in [0.1, 0.15) is 5.54 Å². The predicted molar refractivity (Wildman–Crippen MR) is 58.1 cm³/mol. The van der Waals surface area contributed by atoms with Gasteiger partial charge in [-0.25, -0.2) is 4.79 Å². The number of halogens is 1. The minimum atomic E-state index is -1.36. The summed E-state index contributed by atoms with van der Waals surface area (Å²) in [5.74, 6) is -1.04. The van der Waals surface area contributed by atoms with Gasteiger partial charge in [-0.15, -0.1) is 0 Å². The molecule has 0 unspecified atom stereocenters. The van der Waals surface area contributed by atoms with Crippen LogP contribution in [0.15, 0.2) is 22.7 Å². The van der Waals surface area contributed by atoms with E-state index in [9.17, 15) is 4.79 Å². The van der Waals surface area contributed by atoms with Gasteiger partial charge in [0.15, 0.2) is 0 Å². The molecule has 4 heteroatoms. The molecule has 3 nitrogen and oxygen atoms in total. The van der Waals surface area contributed by atoms with E-state index in [1.54, 1.807) is 12.1 Å². The average molecular weight is 258 g/mol. The van der Waals surface area contributed by atoms with Gasteiger partial charge in [0, 0.05) is 4.47 Å². The fraction of sp³-hybridized carbons (Fsp3) is 0.300. The fourth-order valence-corrected chi connectivity index (χ4v) is 1.84. The van der Waals surface area contributed by atoms with Gasteiger partial charge in [-0.05, 0) is 25.0 Å². The molecular weight excluding hydrogens is 246 g/mol. The molecule has 0 saturated heterocycles. The first kappa shape index (κ1) is 11.2. The molecule has 76 valence electrons. The number of benzene rings is 1. The third-order valence-electron chi connectivity index (χ3n) is 2.20. The highest BCUT2D eigenvalue weighted by molar-refractivity contribution is 9.10. The Balaban J connectivity index is 3.33. The third kappa shape index (κ3) is 1.81. The quantitative estimate of drug-likeness (QED) is 0.852. The molecule has 0 spiro atoms. The molecule has 0 aromatic heterocycles. The van der Waals surface area contributed by atoms with Gasteiger partial charge < -0.3 is 10.8 Å². The van der Waals surface area contributed by atoms with Gasteiger partial charge in [0.25, 0.3) is 0 Å². The lowest BCUT2D eigenvalue weighted by molar-refractivity contribution is -0.143. The van der Waals surface area contributed by atoms with Gasteiger partial charge in [0.2, 0.25) is 0 Å². The molecule has 0 amide bonds. The van der Waals surface area contributed by atoms with Gasteiger partial charge in [0.05, 0.1) is 0 Å². The number of hydrogen-bond acceptors (Lipinski definition) is 2. The number of hydrogen-bond donors (Lipinski definition) is 2. The Bertz CT molecular complexity index is 374. The van der Waals surface area contributed by atoms with Crippen molar-refractivity contribution in [2.45, 2.75) is 19.4 Å². The van der Waals surface area contributed by atoms with E-state index in [1.807, 2.05) is 13.0 Å². The zero-order valence-electron chi connectivity index (χ0n) is 8.04. The van der Waals surface area contributed by atoms with Gasteiger partial charge in [-0.3, -0.25) is 0 Å². The van der Waals surface area contributed by atoms with Crippen LogP contribution in [-0.4, -0.2) is 11.1 Å². The highest BCUT2D eigenvalue weighted by atomic mass is 79.9. The summed E-state index contributed by atoms with van der Waals surface area (Å²) in [5, 5.41) is 8.96. The van der Waals surface area contributed by atoms with Crippen LogP contribution in [0.1, 0.15) is 18.1 Å². The summed E-state index contributed by atoms with van der Waals surface area (Å²) in [4.78, 5) is 10.9. The normalized spacial score (nSPS) is 14.9. The highest BCUT2D eigenvalue weighted by Crippen LogP contribution is 2.29. The molecular formula is C10H12BrNO2. The maximum absolute atomic E-state index is 10.9. The molecule has 0 radical (unpaired) electrons. The summed E-state index contributed by atoms with van der Waals surface area (Å²) in [7, 11) is 0. The Morgan fingerprint density at radius 3 is 2.64 bits per heavy atom. The monoisotopic (exact) mass is 257 g/mol. The Kier molecular flexibility index (Phi) is 2.97. The van der Waals surface area contributed by atoms with Crippen molar-refractivity contribution in [2.75, 3.05) is 0 Å². The maximum Gasteiger partial charge on any atom is 0.328 e. The van der Waals surface area contributed by atoms with Crippen LogP contribution in [0.4, 0.5) is 0 Å². The predicted octanol–water partition coefficient (Wildman–Crippen LogP) is 2.02. The van der Waals surface area contributed by atoms with Gasteiger partial charge >= 0.3 is 5.97 Å². The highest BCUT2D eigenvalue weighted by Gasteiger charge is 2.32. The number of aryl methyl sites for hydroxylation is 1. The van der Waals surface area contributed by atoms with Crippen molar-refractivity contribution in [1.29, 1.82) is 0 Å². The van der Waals surface area contributed by atoms with E-state index in [-0.39, 0.29) is 0 Å². The lowest BCUT2D eigenvalue weighted by atomic mass is 9.92. The molecule has 0 bridgehead atoms. The zero-order valence-corrected chi connectivity index (χ0v) is 9.63. The van der Waals surface area contributed by atoms with E-state index in [4.69, 9.17) is 10.8 Å². The van der Waals surface area contributed by atoms with E-state index >= 15 is 0 Å². The molecule has 14 heavy (non-hydrogen) atoms. The van der Waals surface area contributed by atoms with E-state index in [0.717, 1.165) is 10.0 Å². The van der Waals surface area contributed by atoms with Crippen LogP contribution in [0.25, 0.3) is 0 Å². The van der Waals surface area contributed by atoms with Crippen LogP contribution < -0.4 is 5.73 Å². The zero-order chi connectivity index (χ0) is 10.9. The number of aliphatic carboxylic acids is 1. The Labute approximate surface area is 91.1 Å². The van der Waals surface area contributed by atoms with Crippen molar-refractivity contribution in [3.8, 4) is 0 Å². The summed E-state index contributed by atoms with van der Waals surface area (Å²) in [6, 6.07) is 5.40. The molecule has 1 atom stereocenters. The van der Waals surface area contributed by atoms with E-state index in [2.05, 4.69) is 15.9 Å². The number of nitrogens with two attached hydrogens (primary N) is 1. The first-order chi connectivity index (χ1) is 6.37. The number of rotatable bonds is 2. The Morgan fingerprint density at radius 2 is 2.14 bits per heavy atom. The molecule has 0 saturated carbocycles. The van der Waals surface area contributed by atoms with Crippen molar-refractivity contribution >= 4 is 21.9 Å². The summed E-state index contributed by atoms with van der Waals surface area (Å²) in [6.45, 7) is 3.38. The van der Waals surface area contributed by atoms with Crippen LogP contribution in [0.2, 0.25) is 0 Å². The van der Waals surface area contributed by atoms with Gasteiger partial charge in [-0.2, -0.15) is 0 Å². The summed E-state index contributed by atoms with van der Waals surface area (Å²) in [5.41, 5.74) is 5.93. The number of carboxylic acid groups (broad SMARTS) is 1. The van der Waals surface area contributed by atoms with Crippen molar-refractivity contribution in [3.63, 3.8) is 0 Å². The summed E-state index contributed by atoms with van der Waals surface area (Å²) < 4.78 is 0.757. The summed E-state index contributed by atoms with van der Waals surface area (Å²) in [6.07, 6.45) is 0. The molecule has 0 aliphatic carbocycles. The minimum Gasteiger partial charge on any atom is -0.480 e. The molecule has 1 aromatic rings. The lowest BCUT2D eigenvalue weighted by Crippen LogP contribution is -2.42. The number of carbonyl (C=O) groups is 1. The molecule has 1 aromatic carbocycles. The van der Waals surface area contributed by atoms with Crippen molar-refractivity contribution < 1.29 is 9.90 Å². The molecule has 3 N–H and O–H groups in total. The van der Waals surface area contributed by atoms with E-state index in [0.29, 0.717) is 5.56 Å². The Hall–Kier alpha value is -0.870. The van der Waals surface area contributed by atoms with Gasteiger partial charge in [-0.1, -0.05) is 34.1 Å². The van der Waals surface area contributed by atoms with E-state index < -0.39 is 11.5 Å². The van der Waals surface area contributed by atoms with Crippen molar-refractivity contribution in [1.82, 2.24) is 0 Å². The second-order valence-corrected chi connectivity index (χ2v) is 4.24. The second-order valence-electron chi connectivity index (χ2n) is 3.44. The van der Waals surface area contributed by atoms with Crippen molar-refractivity contribution in [3.05, 3.63) is 33.8 Å². The van der Waals surface area contributed by atoms with Crippen molar-refractivity contribution in [2.24, 2.45) is 5.73 Å². The molecule has 0 aliphatic rings. The second kappa shape index (κ2) is 3.71. The van der Waals surface area contributed by atoms with Crippen LogP contribution >= 0.6 is 15.9 Å². The van der Waals surface area contributed by atoms with Crippen LogP contribution in [0, 0.1) is 6.92 Å². The molecule has 0 aliphatic heterocycles. The number of carboxylic acids is 1. The van der Waals surface area contributed by atoms with Crippen LogP contribution in [0.5, 0.6) is 0 Å². The fourth-order valence-electron chi connectivity index (χ4n) is 1.16. The topological polar surface area (TPSA) is 63.3 Å². The molecule has 0 heterocycles. The largest absolute Gasteiger partial charge is 0.480 e. The molecule has 0 fully saturated rings. The smallest absolute Gasteiger partial charge is 0.328 e. The Morgan fingerprint density at radius 1 is 1.57 bits per heavy atom. The van der Waals surface area contributed by atoms with Crippen LogP contribution in [0.3, 0.4) is 0 Å². The lowest BCUT2D eigenvalue weighted by Gasteiger charge is -2.21. The average Bonchev–Trinajstić information content (AvgIpc) is 2.09. The van der Waals surface area contributed by atoms with E-state index in [1.165, 1.54) is 6.92 Å². The maximum atomic E-state index is 10.9. The van der Waals surface area contributed by atoms with Crippen LogP contribution in [-0.2, 0) is 10.3 Å². The first-order valence-corrected chi connectivity index (χ1v) is 4.94. The first-order valence-electron chi connectivity index (χ1n) is 4.15. The third-order valence-corrected chi connectivity index (χ3v) is 3.25. The minimum absolute atomic E-state index is 0.588. The molecule has 1 rings (SSSR count).